The highest BCUT2D eigenvalue weighted by molar-refractivity contribution is 5.93. The normalized spacial score (nSPS) is 21.9. The fourth-order valence-electron chi connectivity index (χ4n) is 3.32. The lowest BCUT2D eigenvalue weighted by Gasteiger charge is -2.21. The van der Waals surface area contributed by atoms with Crippen LogP contribution >= 0.6 is 0 Å². The van der Waals surface area contributed by atoms with Crippen LogP contribution < -0.4 is 5.32 Å². The summed E-state index contributed by atoms with van der Waals surface area (Å²) in [5.74, 6) is 0.935. The molecule has 2 aliphatic rings. The van der Waals surface area contributed by atoms with Gasteiger partial charge in [-0.15, -0.1) is 0 Å². The molecule has 1 amide bonds. The minimum Gasteiger partial charge on any atom is -0.350 e. The minimum atomic E-state index is -0.0300. The highest BCUT2D eigenvalue weighted by Gasteiger charge is 2.29. The van der Waals surface area contributed by atoms with E-state index in [1.165, 1.54) is 25.9 Å². The molecular weight excluding hydrogens is 264 g/mol. The number of carbonyl (C=O) groups excluding carboxylic acids is 1. The van der Waals surface area contributed by atoms with Crippen molar-refractivity contribution < 1.29 is 4.79 Å². The molecule has 1 aromatic rings. The van der Waals surface area contributed by atoms with Crippen molar-refractivity contribution in [3.05, 3.63) is 17.2 Å². The predicted octanol–water partition coefficient (Wildman–Crippen LogP) is 1.75. The number of fused-ring (bicyclic) bond motifs is 1. The molecule has 0 bridgehead atoms. The first-order valence-electron chi connectivity index (χ1n) is 8.12. The second-order valence-corrected chi connectivity index (χ2v) is 7.19. The second kappa shape index (κ2) is 5.79. The van der Waals surface area contributed by atoms with Gasteiger partial charge in [0.2, 0.25) is 0 Å². The SMILES string of the molecule is CC1(C)CNC(=O)c2nc(CCCN3CCCC3)[nH]c2C1. The molecule has 116 valence electrons. The number of amides is 1. The van der Waals surface area contributed by atoms with Crippen molar-refractivity contribution in [3.63, 3.8) is 0 Å². The highest BCUT2D eigenvalue weighted by atomic mass is 16.1. The fourth-order valence-corrected chi connectivity index (χ4v) is 3.32. The van der Waals surface area contributed by atoms with E-state index in [2.05, 4.69) is 34.0 Å². The minimum absolute atomic E-state index is 0.0300. The molecule has 2 N–H and O–H groups in total. The lowest BCUT2D eigenvalue weighted by atomic mass is 9.88. The van der Waals surface area contributed by atoms with E-state index >= 15 is 0 Å². The van der Waals surface area contributed by atoms with Crippen LogP contribution in [0.2, 0.25) is 0 Å². The number of aromatic nitrogens is 2. The van der Waals surface area contributed by atoms with Gasteiger partial charge in [0.25, 0.3) is 5.91 Å². The van der Waals surface area contributed by atoms with Crippen LogP contribution in [0.15, 0.2) is 0 Å². The monoisotopic (exact) mass is 290 g/mol. The van der Waals surface area contributed by atoms with Gasteiger partial charge >= 0.3 is 0 Å². The zero-order valence-corrected chi connectivity index (χ0v) is 13.2. The largest absolute Gasteiger partial charge is 0.350 e. The highest BCUT2D eigenvalue weighted by Crippen LogP contribution is 2.25. The third-order valence-corrected chi connectivity index (χ3v) is 4.51. The average Bonchev–Trinajstić information content (AvgIpc) is 3.04. The molecule has 1 fully saturated rings. The quantitative estimate of drug-likeness (QED) is 0.888. The standard InChI is InChI=1S/C16H26N4O/c1-16(2)10-12-14(15(21)17-11-16)19-13(18-12)6-5-9-20-7-3-4-8-20/h3-11H2,1-2H3,(H,17,21)(H,18,19). The smallest absolute Gasteiger partial charge is 0.271 e. The first kappa shape index (κ1) is 14.6. The summed E-state index contributed by atoms with van der Waals surface area (Å²) < 4.78 is 0. The molecular formula is C16H26N4O. The van der Waals surface area contributed by atoms with E-state index in [1.54, 1.807) is 0 Å². The third-order valence-electron chi connectivity index (χ3n) is 4.51. The Morgan fingerprint density at radius 1 is 1.29 bits per heavy atom. The van der Waals surface area contributed by atoms with E-state index in [4.69, 9.17) is 0 Å². The summed E-state index contributed by atoms with van der Waals surface area (Å²) in [6.07, 6.45) is 5.59. The maximum atomic E-state index is 12.1. The second-order valence-electron chi connectivity index (χ2n) is 7.19. The van der Waals surface area contributed by atoms with Crippen molar-refractivity contribution in [2.45, 2.75) is 46.0 Å². The van der Waals surface area contributed by atoms with Crippen LogP contribution in [0.4, 0.5) is 0 Å². The Hall–Kier alpha value is -1.36. The molecule has 0 aliphatic carbocycles. The summed E-state index contributed by atoms with van der Waals surface area (Å²) in [5.41, 5.74) is 1.70. The van der Waals surface area contributed by atoms with Crippen LogP contribution in [0.25, 0.3) is 0 Å². The first-order valence-corrected chi connectivity index (χ1v) is 8.12. The summed E-state index contributed by atoms with van der Waals surface area (Å²) >= 11 is 0. The Morgan fingerprint density at radius 3 is 2.81 bits per heavy atom. The van der Waals surface area contributed by atoms with Crippen LogP contribution in [0.3, 0.4) is 0 Å². The summed E-state index contributed by atoms with van der Waals surface area (Å²) in [4.78, 5) is 22.5. The molecule has 2 aliphatic heterocycles. The number of imidazole rings is 1. The molecule has 0 atom stereocenters. The van der Waals surface area contributed by atoms with Crippen LogP contribution in [0, 0.1) is 5.41 Å². The Morgan fingerprint density at radius 2 is 2.05 bits per heavy atom. The van der Waals surface area contributed by atoms with E-state index in [0.29, 0.717) is 12.2 Å². The van der Waals surface area contributed by atoms with Crippen molar-refractivity contribution in [1.82, 2.24) is 20.2 Å². The molecule has 0 aromatic carbocycles. The van der Waals surface area contributed by atoms with Gasteiger partial charge in [-0.25, -0.2) is 4.98 Å². The molecule has 5 heteroatoms. The number of rotatable bonds is 4. The van der Waals surface area contributed by atoms with Gasteiger partial charge in [-0.05, 0) is 50.7 Å². The van der Waals surface area contributed by atoms with Crippen LogP contribution in [-0.2, 0) is 12.8 Å². The predicted molar refractivity (Wildman–Crippen MR) is 82.4 cm³/mol. The van der Waals surface area contributed by atoms with Gasteiger partial charge in [0, 0.05) is 18.7 Å². The molecule has 1 saturated heterocycles. The van der Waals surface area contributed by atoms with Crippen molar-refractivity contribution >= 4 is 5.91 Å². The van der Waals surface area contributed by atoms with E-state index < -0.39 is 0 Å². The average molecular weight is 290 g/mol. The molecule has 3 rings (SSSR count). The number of H-pyrrole nitrogens is 1. The van der Waals surface area contributed by atoms with Crippen molar-refractivity contribution in [1.29, 1.82) is 0 Å². The molecule has 1 aromatic heterocycles. The van der Waals surface area contributed by atoms with E-state index in [0.717, 1.165) is 37.3 Å². The van der Waals surface area contributed by atoms with Crippen molar-refractivity contribution in [2.24, 2.45) is 5.41 Å². The van der Waals surface area contributed by atoms with Crippen LogP contribution in [-0.4, -0.2) is 47.0 Å². The molecule has 0 radical (unpaired) electrons. The van der Waals surface area contributed by atoms with Crippen LogP contribution in [0.5, 0.6) is 0 Å². The molecule has 0 spiro atoms. The Kier molecular flexibility index (Phi) is 4.02. The molecule has 21 heavy (non-hydrogen) atoms. The Balaban J connectivity index is 1.62. The van der Waals surface area contributed by atoms with Crippen molar-refractivity contribution in [3.8, 4) is 0 Å². The number of aromatic amines is 1. The maximum Gasteiger partial charge on any atom is 0.271 e. The number of likely N-dealkylation sites (tertiary alicyclic amines) is 1. The summed E-state index contributed by atoms with van der Waals surface area (Å²) in [7, 11) is 0. The molecule has 5 nitrogen and oxygen atoms in total. The van der Waals surface area contributed by atoms with Gasteiger partial charge in [0.15, 0.2) is 0 Å². The van der Waals surface area contributed by atoms with E-state index in [-0.39, 0.29) is 11.3 Å². The molecule has 3 heterocycles. The fraction of sp³-hybridized carbons (Fsp3) is 0.750. The number of hydrogen-bond acceptors (Lipinski definition) is 3. The molecule has 0 unspecified atom stereocenters. The van der Waals surface area contributed by atoms with Gasteiger partial charge in [0.1, 0.15) is 11.5 Å². The summed E-state index contributed by atoms with van der Waals surface area (Å²) in [6, 6.07) is 0. The topological polar surface area (TPSA) is 61.0 Å². The van der Waals surface area contributed by atoms with Gasteiger partial charge in [-0.1, -0.05) is 13.8 Å². The lowest BCUT2D eigenvalue weighted by Crippen LogP contribution is -2.32. The zero-order valence-electron chi connectivity index (χ0n) is 13.2. The third kappa shape index (κ3) is 3.46. The Bertz CT molecular complexity index is 514. The molecule has 0 saturated carbocycles. The van der Waals surface area contributed by atoms with E-state index in [9.17, 15) is 4.79 Å². The van der Waals surface area contributed by atoms with Crippen LogP contribution in [0.1, 0.15) is 55.1 Å². The van der Waals surface area contributed by atoms with Gasteiger partial charge in [0.05, 0.1) is 0 Å². The maximum absolute atomic E-state index is 12.1. The summed E-state index contributed by atoms with van der Waals surface area (Å²) in [5, 5.41) is 2.98. The summed E-state index contributed by atoms with van der Waals surface area (Å²) in [6.45, 7) is 8.69. The number of nitrogens with one attached hydrogen (secondary N) is 2. The van der Waals surface area contributed by atoms with Gasteiger partial charge < -0.3 is 15.2 Å². The first-order chi connectivity index (χ1) is 10.0. The lowest BCUT2D eigenvalue weighted by molar-refractivity contribution is 0.0940. The van der Waals surface area contributed by atoms with E-state index in [1.807, 2.05) is 0 Å². The number of nitrogens with zero attached hydrogens (tertiary/aromatic N) is 2. The number of hydrogen-bond donors (Lipinski definition) is 2. The van der Waals surface area contributed by atoms with Gasteiger partial charge in [-0.3, -0.25) is 4.79 Å². The Labute approximate surface area is 126 Å². The number of carbonyl (C=O) groups is 1. The number of aryl methyl sites for hydroxylation is 1. The van der Waals surface area contributed by atoms with Crippen molar-refractivity contribution in [2.75, 3.05) is 26.2 Å². The zero-order chi connectivity index (χ0) is 14.9. The van der Waals surface area contributed by atoms with Gasteiger partial charge in [-0.2, -0.15) is 0 Å².